The minimum atomic E-state index is -1.79. The van der Waals surface area contributed by atoms with E-state index in [4.69, 9.17) is 17.7 Å². The van der Waals surface area contributed by atoms with Crippen molar-refractivity contribution in [2.75, 3.05) is 28.4 Å². The maximum absolute atomic E-state index is 5.61. The first kappa shape index (κ1) is 28.5. The first-order valence-corrected chi connectivity index (χ1v) is 15.2. The lowest BCUT2D eigenvalue weighted by atomic mass is 10.4. The smallest absolute Gasteiger partial charge is 0.337 e. The highest BCUT2D eigenvalue weighted by atomic mass is 28.4. The van der Waals surface area contributed by atoms with E-state index in [2.05, 4.69) is 27.7 Å². The molecule has 0 aromatic carbocycles. The summed E-state index contributed by atoms with van der Waals surface area (Å²) in [7, 11) is 3.66. The molecule has 6 heteroatoms. The molecule has 0 aromatic rings. The third-order valence-corrected chi connectivity index (χ3v) is 12.6. The Balaban J connectivity index is 0. The zero-order chi connectivity index (χ0) is 20.3. The monoisotopic (exact) mass is 408 g/mol. The Morgan fingerprint density at radius 2 is 0.615 bits per heavy atom. The lowest BCUT2D eigenvalue weighted by Gasteiger charge is -2.27. The third-order valence-electron chi connectivity index (χ3n) is 5.13. The van der Waals surface area contributed by atoms with E-state index >= 15 is 0 Å². The summed E-state index contributed by atoms with van der Waals surface area (Å²) in [4.78, 5) is 0. The molecule has 160 valence electrons. The molecule has 0 aliphatic heterocycles. The molecule has 0 atom stereocenters. The van der Waals surface area contributed by atoms with Crippen molar-refractivity contribution in [3.05, 3.63) is 0 Å². The lowest BCUT2D eigenvalue weighted by molar-refractivity contribution is 0.238. The van der Waals surface area contributed by atoms with E-state index in [9.17, 15) is 0 Å². The van der Waals surface area contributed by atoms with E-state index in [1.807, 2.05) is 0 Å². The molecule has 0 radical (unpaired) electrons. The first-order valence-electron chi connectivity index (χ1n) is 10.7. The maximum atomic E-state index is 5.61. The van der Waals surface area contributed by atoms with Crippen LogP contribution in [-0.4, -0.2) is 45.6 Å². The van der Waals surface area contributed by atoms with Crippen molar-refractivity contribution in [2.24, 2.45) is 0 Å². The van der Waals surface area contributed by atoms with Crippen LogP contribution in [0.4, 0.5) is 0 Å². The minimum absolute atomic E-state index is 1.15. The summed E-state index contributed by atoms with van der Waals surface area (Å²) in [5.74, 6) is 0. The fourth-order valence-electron chi connectivity index (χ4n) is 3.02. The van der Waals surface area contributed by atoms with E-state index in [0.717, 1.165) is 24.2 Å². The fourth-order valence-corrected chi connectivity index (χ4v) is 9.05. The largest absolute Gasteiger partial charge is 0.398 e. The number of unbranched alkanes of at least 4 members (excludes halogenated alkanes) is 4. The molecule has 0 aliphatic rings. The highest BCUT2D eigenvalue weighted by Gasteiger charge is 2.34. The molecule has 0 amide bonds. The van der Waals surface area contributed by atoms with Crippen molar-refractivity contribution in [3.8, 4) is 0 Å². The van der Waals surface area contributed by atoms with Gasteiger partial charge in [-0.25, -0.2) is 0 Å². The van der Waals surface area contributed by atoms with Gasteiger partial charge < -0.3 is 17.7 Å². The molecular weight excluding hydrogens is 360 g/mol. The van der Waals surface area contributed by atoms with Gasteiger partial charge in [0.25, 0.3) is 0 Å². The summed E-state index contributed by atoms with van der Waals surface area (Å²) in [6.45, 7) is 8.85. The van der Waals surface area contributed by atoms with E-state index in [0.29, 0.717) is 0 Å². The second-order valence-corrected chi connectivity index (χ2v) is 14.3. The van der Waals surface area contributed by atoms with Gasteiger partial charge >= 0.3 is 17.1 Å². The minimum Gasteiger partial charge on any atom is -0.398 e. The van der Waals surface area contributed by atoms with Crippen LogP contribution in [0, 0.1) is 0 Å². The molecule has 0 saturated carbocycles. The Labute approximate surface area is 166 Å². The van der Waals surface area contributed by atoms with Crippen molar-refractivity contribution in [3.63, 3.8) is 0 Å². The van der Waals surface area contributed by atoms with Gasteiger partial charge in [-0.2, -0.15) is 0 Å². The molecule has 0 aromatic heterocycles. The number of rotatable bonds is 16. The van der Waals surface area contributed by atoms with Crippen molar-refractivity contribution in [2.45, 2.75) is 103 Å². The molecule has 0 saturated heterocycles. The van der Waals surface area contributed by atoms with Gasteiger partial charge in [0.15, 0.2) is 0 Å². The summed E-state index contributed by atoms with van der Waals surface area (Å²) < 4.78 is 22.4. The molecular formula is C20H48O4Si2. The van der Waals surface area contributed by atoms with Crippen LogP contribution in [0.1, 0.15) is 79.1 Å². The summed E-state index contributed by atoms with van der Waals surface area (Å²) in [6.07, 6.45) is 9.85. The van der Waals surface area contributed by atoms with Crippen molar-refractivity contribution in [1.82, 2.24) is 0 Å². The summed E-state index contributed by atoms with van der Waals surface area (Å²) in [5, 5.41) is 0. The van der Waals surface area contributed by atoms with Crippen LogP contribution in [0.25, 0.3) is 0 Å². The van der Waals surface area contributed by atoms with Crippen LogP contribution < -0.4 is 0 Å². The Hall–Kier alpha value is 0.274. The highest BCUT2D eigenvalue weighted by Crippen LogP contribution is 2.23. The van der Waals surface area contributed by atoms with Crippen LogP contribution in [0.5, 0.6) is 0 Å². The predicted molar refractivity (Wildman–Crippen MR) is 118 cm³/mol. The maximum Gasteiger partial charge on any atom is 0.337 e. The van der Waals surface area contributed by atoms with Crippen LogP contribution in [-0.2, 0) is 17.7 Å². The molecule has 0 heterocycles. The number of hydrogen-bond donors (Lipinski definition) is 0. The topological polar surface area (TPSA) is 36.9 Å². The lowest BCUT2D eigenvalue weighted by Crippen LogP contribution is -2.39. The summed E-state index contributed by atoms with van der Waals surface area (Å²) in [5.41, 5.74) is 0. The number of hydrogen-bond acceptors (Lipinski definition) is 4. The highest BCUT2D eigenvalue weighted by molar-refractivity contribution is 6.67. The Morgan fingerprint density at radius 1 is 0.423 bits per heavy atom. The molecule has 0 fully saturated rings. The first-order chi connectivity index (χ1) is 12.5. The van der Waals surface area contributed by atoms with Crippen molar-refractivity contribution >= 4 is 17.1 Å². The van der Waals surface area contributed by atoms with E-state index in [1.165, 1.54) is 51.4 Å². The molecule has 0 aliphatic carbocycles. The van der Waals surface area contributed by atoms with Gasteiger partial charge in [0, 0.05) is 28.4 Å². The molecule has 26 heavy (non-hydrogen) atoms. The molecule has 0 bridgehead atoms. The van der Waals surface area contributed by atoms with Gasteiger partial charge in [0.1, 0.15) is 0 Å². The summed E-state index contributed by atoms with van der Waals surface area (Å²) in [6, 6.07) is 4.60. The van der Waals surface area contributed by atoms with Crippen LogP contribution in [0.15, 0.2) is 0 Å². The quantitative estimate of drug-likeness (QED) is 0.268. The van der Waals surface area contributed by atoms with Crippen molar-refractivity contribution < 1.29 is 17.7 Å². The Morgan fingerprint density at radius 3 is 0.731 bits per heavy atom. The van der Waals surface area contributed by atoms with Crippen LogP contribution >= 0.6 is 0 Å². The molecule has 4 nitrogen and oxygen atoms in total. The van der Waals surface area contributed by atoms with E-state index in [1.54, 1.807) is 28.4 Å². The Bertz CT molecular complexity index is 235. The fraction of sp³-hybridized carbons (Fsp3) is 1.00. The van der Waals surface area contributed by atoms with Gasteiger partial charge in [-0.3, -0.25) is 0 Å². The van der Waals surface area contributed by atoms with Crippen LogP contribution in [0.3, 0.4) is 0 Å². The Kier molecular flexibility index (Phi) is 20.4. The second kappa shape index (κ2) is 18.6. The van der Waals surface area contributed by atoms with Gasteiger partial charge in [-0.05, 0) is 24.2 Å². The zero-order valence-electron chi connectivity index (χ0n) is 19.1. The molecule has 0 unspecified atom stereocenters. The van der Waals surface area contributed by atoms with Gasteiger partial charge in [-0.15, -0.1) is 0 Å². The summed E-state index contributed by atoms with van der Waals surface area (Å²) >= 11 is 0. The van der Waals surface area contributed by atoms with Crippen LogP contribution in [0.2, 0.25) is 24.2 Å². The molecule has 0 rings (SSSR count). The van der Waals surface area contributed by atoms with Gasteiger partial charge in [-0.1, -0.05) is 79.1 Å². The molecule has 0 N–H and O–H groups in total. The standard InChI is InChI=1S/2C10H24O2Si/c2*1-5-7-9-13(11-3,12-4)10-8-6-2/h2*5-10H2,1-4H3. The predicted octanol–water partition coefficient (Wildman–Crippen LogP) is 6.64. The van der Waals surface area contributed by atoms with Gasteiger partial charge in [0.05, 0.1) is 0 Å². The van der Waals surface area contributed by atoms with E-state index in [-0.39, 0.29) is 0 Å². The molecule has 0 spiro atoms. The average Bonchev–Trinajstić information content (AvgIpc) is 2.70. The zero-order valence-corrected chi connectivity index (χ0v) is 21.1. The third kappa shape index (κ3) is 12.6. The normalized spacial score (nSPS) is 12.0. The second-order valence-electron chi connectivity index (χ2n) is 7.05. The van der Waals surface area contributed by atoms with Crippen molar-refractivity contribution in [1.29, 1.82) is 0 Å². The van der Waals surface area contributed by atoms with Gasteiger partial charge in [0.2, 0.25) is 0 Å². The SMILES string of the molecule is CCCC[Si](CCCC)(OC)OC.CCCC[Si](CCCC)(OC)OC. The average molecular weight is 409 g/mol. The van der Waals surface area contributed by atoms with E-state index < -0.39 is 17.1 Å².